The van der Waals surface area contributed by atoms with E-state index in [1.165, 1.54) is 120 Å². The molecule has 4 aromatic heterocycles. The molecule has 6 heterocycles. The Labute approximate surface area is 726 Å². The van der Waals surface area contributed by atoms with Crippen molar-refractivity contribution in [2.24, 2.45) is 0 Å². The number of fused-ring (bicyclic) bond motifs is 16. The summed E-state index contributed by atoms with van der Waals surface area (Å²) in [6, 6.07) is 140. The molecule has 23 rings (SSSR count). The highest BCUT2D eigenvalue weighted by Gasteiger charge is 2.47. The Balaban J connectivity index is 0.899. The van der Waals surface area contributed by atoms with E-state index in [1.807, 2.05) is 0 Å². The molecule has 0 saturated heterocycles. The topological polar surface area (TPSA) is 20.8 Å². The molecule has 0 aliphatic carbocycles. The summed E-state index contributed by atoms with van der Waals surface area (Å²) < 4.78 is 7.53. The number of anilines is 6. The summed E-state index contributed by atoms with van der Waals surface area (Å²) in [5.74, 6) is 0. The Morgan fingerprint density at radius 2 is 0.540 bits per heavy atom. The molecule has 0 amide bonds. The van der Waals surface area contributed by atoms with E-state index in [2.05, 4.69) is 470 Å². The Kier molecular flexibility index (Phi) is 16.7. The fourth-order valence-electron chi connectivity index (χ4n) is 20.8. The highest BCUT2D eigenvalue weighted by molar-refractivity contribution is 7.00. The first kappa shape index (κ1) is 74.8. The number of benzene rings is 17. The Morgan fingerprint density at radius 3 is 1.02 bits per heavy atom. The lowest BCUT2D eigenvalue weighted by molar-refractivity contribution is 0.590. The minimum Gasteiger partial charge on any atom is -0.310 e. The molecular formula is C118H96BN5. The quantitative estimate of drug-likeness (QED) is 0.127. The van der Waals surface area contributed by atoms with Crippen LogP contribution in [0.4, 0.5) is 34.1 Å². The summed E-state index contributed by atoms with van der Waals surface area (Å²) in [5, 5.41) is 9.92. The molecular weight excluding hydrogens is 1500 g/mol. The van der Waals surface area contributed by atoms with Crippen molar-refractivity contribution in [1.82, 2.24) is 13.5 Å². The van der Waals surface area contributed by atoms with E-state index in [-0.39, 0.29) is 28.4 Å². The van der Waals surface area contributed by atoms with Crippen molar-refractivity contribution >= 4 is 139 Å². The fourth-order valence-corrected chi connectivity index (χ4v) is 20.8. The van der Waals surface area contributed by atoms with Crippen LogP contribution in [0.5, 0.6) is 0 Å². The number of aromatic nitrogens is 3. The van der Waals surface area contributed by atoms with Crippen LogP contribution in [0, 0.1) is 0 Å². The predicted octanol–water partition coefficient (Wildman–Crippen LogP) is 30.3. The Hall–Kier alpha value is -14.2. The lowest BCUT2D eigenvalue weighted by Crippen LogP contribution is -2.61. The zero-order chi connectivity index (χ0) is 84.1. The number of nitrogens with zero attached hydrogens (tertiary/aromatic N) is 5. The predicted molar refractivity (Wildman–Crippen MR) is 531 cm³/mol. The van der Waals surface area contributed by atoms with Crippen LogP contribution in [-0.2, 0) is 21.7 Å². The second kappa shape index (κ2) is 27.7. The number of para-hydroxylation sites is 4. The minimum atomic E-state index is -0.312. The second-order valence-electron chi connectivity index (χ2n) is 38.9. The van der Waals surface area contributed by atoms with E-state index in [4.69, 9.17) is 0 Å². The van der Waals surface area contributed by atoms with Crippen LogP contribution < -0.4 is 26.2 Å². The first-order chi connectivity index (χ1) is 60.1. The van der Waals surface area contributed by atoms with E-state index < -0.39 is 0 Å². The fraction of sp³-hybridized carbons (Fsp3) is 0.136. The first-order valence-corrected chi connectivity index (χ1v) is 44.1. The number of hydrogen-bond donors (Lipinski definition) is 0. The molecule has 0 atom stereocenters. The van der Waals surface area contributed by atoms with Crippen LogP contribution in [0.3, 0.4) is 0 Å². The molecule has 0 spiro atoms. The minimum absolute atomic E-state index is 0.0851. The summed E-state index contributed by atoms with van der Waals surface area (Å²) >= 11 is 0. The smallest absolute Gasteiger partial charge is 0.252 e. The number of rotatable bonds is 10. The van der Waals surface area contributed by atoms with Crippen LogP contribution >= 0.6 is 0 Å². The van der Waals surface area contributed by atoms with Gasteiger partial charge in [0.05, 0.1) is 50.0 Å². The summed E-state index contributed by atoms with van der Waals surface area (Å²) in [7, 11) is 0. The summed E-state index contributed by atoms with van der Waals surface area (Å²) in [6.45, 7) is 28.0. The highest BCUT2D eigenvalue weighted by Crippen LogP contribution is 2.57. The molecule has 17 aromatic carbocycles. The van der Waals surface area contributed by atoms with Crippen molar-refractivity contribution in [3.63, 3.8) is 0 Å². The van der Waals surface area contributed by atoms with E-state index in [0.717, 1.165) is 112 Å². The summed E-state index contributed by atoms with van der Waals surface area (Å²) in [6.07, 6.45) is 0. The van der Waals surface area contributed by atoms with Gasteiger partial charge in [0.25, 0.3) is 6.71 Å². The van der Waals surface area contributed by atoms with Crippen LogP contribution in [0.25, 0.3) is 160 Å². The molecule has 6 heteroatoms. The van der Waals surface area contributed by atoms with Gasteiger partial charge in [-0.15, -0.1) is 0 Å². The third-order valence-electron chi connectivity index (χ3n) is 27.1. The van der Waals surface area contributed by atoms with Crippen molar-refractivity contribution in [3.05, 3.63) is 386 Å². The van der Waals surface area contributed by atoms with Crippen LogP contribution in [0.15, 0.2) is 364 Å². The molecule has 0 bridgehead atoms. The maximum Gasteiger partial charge on any atom is 0.252 e. The molecule has 0 fully saturated rings. The van der Waals surface area contributed by atoms with Gasteiger partial charge in [0, 0.05) is 99.5 Å². The highest BCUT2D eigenvalue weighted by atomic mass is 15.2. The van der Waals surface area contributed by atoms with Crippen LogP contribution in [0.1, 0.15) is 105 Å². The van der Waals surface area contributed by atoms with Gasteiger partial charge in [0.2, 0.25) is 0 Å². The maximum atomic E-state index is 2.77. The van der Waals surface area contributed by atoms with E-state index >= 15 is 0 Å². The maximum absolute atomic E-state index is 2.77. The van der Waals surface area contributed by atoms with E-state index in [0.29, 0.717) is 0 Å². The monoisotopic (exact) mass is 1590 g/mol. The largest absolute Gasteiger partial charge is 0.310 e. The molecule has 2 aliphatic rings. The van der Waals surface area contributed by atoms with Crippen molar-refractivity contribution in [2.75, 3.05) is 9.80 Å². The molecule has 5 nitrogen and oxygen atoms in total. The molecule has 0 radical (unpaired) electrons. The van der Waals surface area contributed by atoms with Gasteiger partial charge in [0.15, 0.2) is 0 Å². The average molecular weight is 1590 g/mol. The summed E-state index contributed by atoms with van der Waals surface area (Å²) in [4.78, 5) is 5.52. The SMILES string of the molecule is CC(C)(C)c1cc(-c2ccccc2)c(N2c3cc(-c4ccc5c(c4)c4ccccc4n5-c4ccccc4)ccc3B3c4ccc(-n5c6ccc(C(C)(C)C)cc6c6cc(C(C)(C)C)ccc65)cc4N(c4c(-c5ccccc5)cc(C(C)(C)C)cc4-c4ccccc4)c4cc(-c5ccc6c(c5)c5cccc7c8ccccc8n6c75)cc2c43)c(-c2ccccc2)c1. The van der Waals surface area contributed by atoms with Crippen molar-refractivity contribution in [2.45, 2.75) is 105 Å². The van der Waals surface area contributed by atoms with Gasteiger partial charge in [-0.1, -0.05) is 320 Å². The molecule has 596 valence electrons. The Bertz CT molecular complexity index is 7740. The van der Waals surface area contributed by atoms with Gasteiger partial charge in [-0.2, -0.15) is 0 Å². The standard InChI is InChI=1S/C118H96BN5/c1-115(2,3)81-52-59-104-97(66-81)98-67-82(116(4,5)6)53-60-105(98)121(104)86-54-56-100-108(72-86)124(114-93(75-37-22-15-23-38-75)70-84(118(10,11)12)71-94(114)76-39-24-16-25-40-76)110-65-80(78-51-58-106-96(62-78)90-46-32-45-89-87-43-28-31-48-102(87)122(106)112(89)90)64-109-111(110)119(100)99-55-49-79(77-50-57-103-95(61-77)88-44-29-30-47-101(88)120(103)85-41-26-17-27-42-85)63-107(99)123(109)113-91(73-33-18-13-19-34-73)68-83(117(7,8)9)69-92(113)74-35-20-14-21-36-74/h13-72H,1-12H3. The molecule has 21 aromatic rings. The lowest BCUT2D eigenvalue weighted by atomic mass is 9.33. The van der Waals surface area contributed by atoms with Crippen LogP contribution in [-0.4, -0.2) is 20.2 Å². The number of hydrogen-bond acceptors (Lipinski definition) is 2. The second-order valence-corrected chi connectivity index (χ2v) is 38.9. The van der Waals surface area contributed by atoms with E-state index in [9.17, 15) is 0 Å². The lowest BCUT2D eigenvalue weighted by Gasteiger charge is -2.46. The third kappa shape index (κ3) is 11.7. The van der Waals surface area contributed by atoms with Gasteiger partial charge in [0.1, 0.15) is 0 Å². The van der Waals surface area contributed by atoms with Crippen LogP contribution in [0.2, 0.25) is 0 Å². The molecule has 2 aliphatic heterocycles. The summed E-state index contributed by atoms with van der Waals surface area (Å²) in [5.41, 5.74) is 39.1. The molecule has 0 saturated carbocycles. The average Bonchev–Trinajstić information content (AvgIpc) is 0.788. The first-order valence-electron chi connectivity index (χ1n) is 44.1. The molecule has 0 unspecified atom stereocenters. The van der Waals surface area contributed by atoms with Gasteiger partial charge in [-0.05, 0) is 232 Å². The van der Waals surface area contributed by atoms with E-state index in [1.54, 1.807) is 0 Å². The molecule has 0 N–H and O–H groups in total. The normalized spacial score (nSPS) is 13.1. The van der Waals surface area contributed by atoms with Gasteiger partial charge >= 0.3 is 0 Å². The zero-order valence-electron chi connectivity index (χ0n) is 72.5. The van der Waals surface area contributed by atoms with Crippen molar-refractivity contribution in [1.29, 1.82) is 0 Å². The van der Waals surface area contributed by atoms with Gasteiger partial charge in [-0.25, -0.2) is 0 Å². The third-order valence-corrected chi connectivity index (χ3v) is 27.1. The van der Waals surface area contributed by atoms with Crippen molar-refractivity contribution < 1.29 is 0 Å². The molecule has 124 heavy (non-hydrogen) atoms. The Morgan fingerprint density at radius 1 is 0.210 bits per heavy atom. The zero-order valence-corrected chi connectivity index (χ0v) is 72.5. The van der Waals surface area contributed by atoms with Gasteiger partial charge < -0.3 is 23.3 Å². The van der Waals surface area contributed by atoms with Crippen molar-refractivity contribution in [3.8, 4) is 78.1 Å². The van der Waals surface area contributed by atoms with Gasteiger partial charge in [-0.3, -0.25) is 0 Å².